The van der Waals surface area contributed by atoms with Crippen LogP contribution in [0.4, 0.5) is 0 Å². The Labute approximate surface area is 161 Å². The van der Waals surface area contributed by atoms with Crippen molar-refractivity contribution in [3.63, 3.8) is 0 Å². The molecule has 0 heterocycles. The molecule has 0 bridgehead atoms. The molecule has 0 aliphatic carbocycles. The predicted molar refractivity (Wildman–Crippen MR) is 109 cm³/mol. The maximum absolute atomic E-state index is 5.99. The second kappa shape index (κ2) is 13.2. The van der Waals surface area contributed by atoms with Crippen LogP contribution in [0.25, 0.3) is 0 Å². The summed E-state index contributed by atoms with van der Waals surface area (Å²) in [4.78, 5) is 0. The summed E-state index contributed by atoms with van der Waals surface area (Å²) >= 11 is 0. The molecule has 0 aromatic rings. The Balaban J connectivity index is 5.38. The first-order valence-electron chi connectivity index (χ1n) is 8.40. The zero-order chi connectivity index (χ0) is 18.6. The first kappa shape index (κ1) is 25.0. The molecule has 4 radical (unpaired) electrons. The van der Waals surface area contributed by atoms with Gasteiger partial charge in [0.05, 0.1) is 31.2 Å². The van der Waals surface area contributed by atoms with Crippen LogP contribution in [0.3, 0.4) is 0 Å². The molecule has 0 aromatic heterocycles. The molecule has 0 rings (SSSR count). The van der Waals surface area contributed by atoms with Crippen molar-refractivity contribution in [3.8, 4) is 0 Å². The highest BCUT2D eigenvalue weighted by Crippen LogP contribution is 2.49. The van der Waals surface area contributed by atoms with Gasteiger partial charge in [-0.3, -0.25) is 0 Å². The topological polar surface area (TPSA) is 36.9 Å². The fourth-order valence-electron chi connectivity index (χ4n) is 2.62. The summed E-state index contributed by atoms with van der Waals surface area (Å²) in [5.74, 6) is 0. The number of rotatable bonds is 15. The highest BCUT2D eigenvalue weighted by molar-refractivity contribution is 8.78. The Hall–Kier alpha value is 0.974. The first-order chi connectivity index (χ1) is 11.5. The molecule has 0 aliphatic heterocycles. The molecular formula is C16H34O4S2Si2. The van der Waals surface area contributed by atoms with Gasteiger partial charge in [-0.2, -0.15) is 0 Å². The molecule has 0 fully saturated rings. The average molecular weight is 411 g/mol. The van der Waals surface area contributed by atoms with Gasteiger partial charge in [0.25, 0.3) is 0 Å². The van der Waals surface area contributed by atoms with Crippen LogP contribution in [-0.2, 0) is 18.9 Å². The molecule has 8 heteroatoms. The van der Waals surface area contributed by atoms with Gasteiger partial charge in [0.2, 0.25) is 0 Å². The quantitative estimate of drug-likeness (QED) is 0.230. The van der Waals surface area contributed by atoms with E-state index in [0.717, 1.165) is 25.7 Å². The minimum Gasteiger partial charge on any atom is -0.378 e. The highest BCUT2D eigenvalue weighted by Gasteiger charge is 2.45. The minimum absolute atomic E-state index is 0.0650. The van der Waals surface area contributed by atoms with Crippen molar-refractivity contribution in [2.24, 2.45) is 0 Å². The van der Waals surface area contributed by atoms with Gasteiger partial charge in [-0.15, -0.1) is 0 Å². The Morgan fingerprint density at radius 3 is 1.25 bits per heavy atom. The molecule has 0 aromatic carbocycles. The van der Waals surface area contributed by atoms with Gasteiger partial charge < -0.3 is 18.9 Å². The van der Waals surface area contributed by atoms with E-state index in [1.165, 1.54) is 0 Å². The van der Waals surface area contributed by atoms with Crippen molar-refractivity contribution >= 4 is 40.6 Å². The molecule has 4 nitrogen and oxygen atoms in total. The molecule has 0 amide bonds. The summed E-state index contributed by atoms with van der Waals surface area (Å²) in [6, 6.07) is 0. The smallest absolute Gasteiger partial charge is 0.131 e. The minimum atomic E-state index is -0.358. The lowest BCUT2D eigenvalue weighted by Crippen LogP contribution is -2.49. The van der Waals surface area contributed by atoms with Crippen LogP contribution in [-0.4, -0.2) is 68.8 Å². The third kappa shape index (κ3) is 6.30. The summed E-state index contributed by atoms with van der Waals surface area (Å²) in [5.41, 5.74) is 0. The van der Waals surface area contributed by atoms with Crippen LogP contribution >= 0.6 is 21.6 Å². The number of hydrogen-bond donors (Lipinski definition) is 0. The summed E-state index contributed by atoms with van der Waals surface area (Å²) in [5, 5.41) is 0. The zero-order valence-electron chi connectivity index (χ0n) is 16.4. The highest BCUT2D eigenvalue weighted by atomic mass is 33.1. The van der Waals surface area contributed by atoms with Gasteiger partial charge in [-0.25, -0.2) is 0 Å². The predicted octanol–water partition coefficient (Wildman–Crippen LogP) is 4.10. The summed E-state index contributed by atoms with van der Waals surface area (Å²) in [6.45, 7) is 8.72. The third-order valence-electron chi connectivity index (χ3n) is 4.11. The summed E-state index contributed by atoms with van der Waals surface area (Å²) in [6.07, 6.45) is 4.23. The van der Waals surface area contributed by atoms with Crippen LogP contribution in [0.15, 0.2) is 0 Å². The van der Waals surface area contributed by atoms with E-state index in [1.807, 2.05) is 0 Å². The molecule has 0 N–H and O–H groups in total. The maximum atomic E-state index is 5.99. The summed E-state index contributed by atoms with van der Waals surface area (Å²) < 4.78 is 22.8. The normalized spacial score (nSPS) is 19.5. The van der Waals surface area contributed by atoms with Crippen LogP contribution in [0.5, 0.6) is 0 Å². The van der Waals surface area contributed by atoms with Crippen LogP contribution in [0.1, 0.15) is 39.5 Å². The fraction of sp³-hybridized carbons (Fsp3) is 1.00. The molecule has 0 spiro atoms. The Morgan fingerprint density at radius 2 is 1.08 bits per heavy atom. The van der Waals surface area contributed by atoms with Crippen molar-refractivity contribution in [2.45, 2.75) is 73.9 Å². The molecule has 4 atom stereocenters. The second-order valence-corrected chi connectivity index (χ2v) is 11.2. The number of ether oxygens (including phenoxy) is 4. The molecule has 24 heavy (non-hydrogen) atoms. The summed E-state index contributed by atoms with van der Waals surface area (Å²) in [7, 11) is 11.8. The van der Waals surface area contributed by atoms with Crippen molar-refractivity contribution in [1.82, 2.24) is 0 Å². The zero-order valence-corrected chi connectivity index (χ0v) is 20.1. The monoisotopic (exact) mass is 410 g/mol. The molecule has 0 saturated heterocycles. The standard InChI is InChI=1S/C16H34O4S2Si2/c1-9-11-13(17-3)15(19-5,23-7)21-22-16(20-6,24-8)14(18-4)12-10-2/h13-14H,9-12H2,1-8H3. The second-order valence-electron chi connectivity index (χ2n) is 5.44. The van der Waals surface area contributed by atoms with E-state index in [1.54, 1.807) is 50.0 Å². The van der Waals surface area contributed by atoms with Crippen LogP contribution < -0.4 is 0 Å². The lowest BCUT2D eigenvalue weighted by molar-refractivity contribution is -0.0213. The van der Waals surface area contributed by atoms with Gasteiger partial charge in [0.1, 0.15) is 9.11 Å². The Bertz CT molecular complexity index is 286. The lowest BCUT2D eigenvalue weighted by atomic mass is 10.2. The lowest BCUT2D eigenvalue weighted by Gasteiger charge is -2.42. The largest absolute Gasteiger partial charge is 0.378 e. The van der Waals surface area contributed by atoms with E-state index in [4.69, 9.17) is 18.9 Å². The average Bonchev–Trinajstić information content (AvgIpc) is 2.63. The molecule has 4 unspecified atom stereocenters. The van der Waals surface area contributed by atoms with Crippen molar-refractivity contribution < 1.29 is 18.9 Å². The van der Waals surface area contributed by atoms with Crippen LogP contribution in [0.2, 0.25) is 13.1 Å². The van der Waals surface area contributed by atoms with Gasteiger partial charge >= 0.3 is 0 Å². The van der Waals surface area contributed by atoms with Gasteiger partial charge in [0.15, 0.2) is 0 Å². The fourth-order valence-corrected chi connectivity index (χ4v) is 9.94. The van der Waals surface area contributed by atoms with E-state index in [-0.39, 0.29) is 21.3 Å². The van der Waals surface area contributed by atoms with E-state index in [2.05, 4.69) is 26.9 Å². The number of methoxy groups -OCH3 is 4. The van der Waals surface area contributed by atoms with E-state index < -0.39 is 0 Å². The number of hydrogen-bond acceptors (Lipinski definition) is 6. The van der Waals surface area contributed by atoms with Crippen LogP contribution in [0, 0.1) is 0 Å². The SMILES string of the molecule is CCCC(OC)C(OC)([Si]C)SSC(OC)([Si]C)C(CCC)OC. The van der Waals surface area contributed by atoms with Gasteiger partial charge in [-0.1, -0.05) is 61.4 Å². The molecule has 0 saturated carbocycles. The van der Waals surface area contributed by atoms with Crippen molar-refractivity contribution in [2.75, 3.05) is 28.4 Å². The Morgan fingerprint density at radius 1 is 0.750 bits per heavy atom. The first-order valence-corrected chi connectivity index (χ1v) is 13.5. The van der Waals surface area contributed by atoms with Crippen molar-refractivity contribution in [1.29, 1.82) is 0 Å². The van der Waals surface area contributed by atoms with Gasteiger partial charge in [-0.05, 0) is 12.8 Å². The molecule has 0 aliphatic rings. The van der Waals surface area contributed by atoms with E-state index in [9.17, 15) is 0 Å². The van der Waals surface area contributed by atoms with E-state index >= 15 is 0 Å². The van der Waals surface area contributed by atoms with Gasteiger partial charge in [0, 0.05) is 28.4 Å². The Kier molecular flexibility index (Phi) is 13.7. The maximum Gasteiger partial charge on any atom is 0.131 e. The third-order valence-corrected chi connectivity index (χ3v) is 12.5. The van der Waals surface area contributed by atoms with Crippen molar-refractivity contribution in [3.05, 3.63) is 0 Å². The molecular weight excluding hydrogens is 376 g/mol. The van der Waals surface area contributed by atoms with E-state index in [0.29, 0.717) is 19.0 Å². The molecule has 142 valence electrons.